The number of aryl methyl sites for hydroxylation is 2. The standard InChI is InChI=1S/C36H40ClN3O4S/c1-26(2)23-38-36(42)34(22-29-10-6-5-7-11-29)39(24-30-12-8-9-28(4)21-30)35(41)25-40(32-17-13-27(3)14-18-32)45(43,44)33-19-15-31(37)16-20-33/h5-21,26,34H,22-25H2,1-4H3,(H,38,42). The third-order valence-electron chi connectivity index (χ3n) is 7.39. The molecule has 0 spiro atoms. The molecule has 4 aromatic rings. The second-order valence-corrected chi connectivity index (χ2v) is 14.0. The maximum absolute atomic E-state index is 14.5. The first-order valence-electron chi connectivity index (χ1n) is 15.0. The zero-order chi connectivity index (χ0) is 32.6. The Morgan fingerprint density at radius 3 is 2.07 bits per heavy atom. The highest BCUT2D eigenvalue weighted by Gasteiger charge is 2.34. The van der Waals surface area contributed by atoms with Crippen LogP contribution in [0.5, 0.6) is 0 Å². The van der Waals surface area contributed by atoms with E-state index in [2.05, 4.69) is 5.32 Å². The predicted molar refractivity (Wildman–Crippen MR) is 181 cm³/mol. The molecular formula is C36H40ClN3O4S. The molecule has 9 heteroatoms. The first-order chi connectivity index (χ1) is 21.4. The van der Waals surface area contributed by atoms with Crippen LogP contribution in [0.25, 0.3) is 0 Å². The number of hydrogen-bond donors (Lipinski definition) is 1. The van der Waals surface area contributed by atoms with Gasteiger partial charge in [-0.3, -0.25) is 13.9 Å². The number of anilines is 1. The molecule has 0 saturated carbocycles. The van der Waals surface area contributed by atoms with Crippen LogP contribution < -0.4 is 9.62 Å². The number of sulfonamides is 1. The third-order valence-corrected chi connectivity index (χ3v) is 9.43. The lowest BCUT2D eigenvalue weighted by Crippen LogP contribution is -2.53. The summed E-state index contributed by atoms with van der Waals surface area (Å²) in [5.74, 6) is -0.597. The largest absolute Gasteiger partial charge is 0.354 e. The van der Waals surface area contributed by atoms with E-state index in [1.165, 1.54) is 29.2 Å². The Bertz CT molecular complexity index is 1690. The molecule has 0 aliphatic rings. The number of rotatable bonds is 13. The van der Waals surface area contributed by atoms with Gasteiger partial charge in [0.2, 0.25) is 11.8 Å². The fourth-order valence-electron chi connectivity index (χ4n) is 4.96. The molecule has 0 saturated heterocycles. The third kappa shape index (κ3) is 9.19. The van der Waals surface area contributed by atoms with Gasteiger partial charge in [0.25, 0.3) is 10.0 Å². The average molecular weight is 646 g/mol. The van der Waals surface area contributed by atoms with Gasteiger partial charge in [-0.25, -0.2) is 8.42 Å². The van der Waals surface area contributed by atoms with Crippen molar-refractivity contribution in [2.45, 2.75) is 51.6 Å². The van der Waals surface area contributed by atoms with Gasteiger partial charge in [0, 0.05) is 24.5 Å². The second kappa shape index (κ2) is 15.2. The molecule has 7 nitrogen and oxygen atoms in total. The van der Waals surface area contributed by atoms with Crippen LogP contribution in [-0.4, -0.2) is 44.3 Å². The van der Waals surface area contributed by atoms with Crippen LogP contribution in [-0.2, 0) is 32.6 Å². The van der Waals surface area contributed by atoms with Gasteiger partial charge in [-0.15, -0.1) is 0 Å². The number of benzene rings is 4. The quantitative estimate of drug-likeness (QED) is 0.178. The summed E-state index contributed by atoms with van der Waals surface area (Å²) in [5, 5.41) is 3.41. The van der Waals surface area contributed by atoms with Crippen molar-refractivity contribution in [1.82, 2.24) is 10.2 Å². The first kappa shape index (κ1) is 33.7. The number of nitrogens with zero attached hydrogens (tertiary/aromatic N) is 2. The van der Waals surface area contributed by atoms with Gasteiger partial charge in [-0.2, -0.15) is 0 Å². The van der Waals surface area contributed by atoms with Crippen molar-refractivity contribution in [2.75, 3.05) is 17.4 Å². The average Bonchev–Trinajstić information content (AvgIpc) is 3.01. The van der Waals surface area contributed by atoms with Crippen molar-refractivity contribution in [3.63, 3.8) is 0 Å². The Labute approximate surface area is 271 Å². The van der Waals surface area contributed by atoms with Gasteiger partial charge < -0.3 is 10.2 Å². The Balaban J connectivity index is 1.79. The van der Waals surface area contributed by atoms with Crippen molar-refractivity contribution in [3.05, 3.63) is 130 Å². The molecule has 4 rings (SSSR count). The number of nitrogens with one attached hydrogen (secondary N) is 1. The number of halogens is 1. The van der Waals surface area contributed by atoms with Gasteiger partial charge in [0.05, 0.1) is 10.6 Å². The van der Waals surface area contributed by atoms with E-state index < -0.39 is 28.5 Å². The lowest BCUT2D eigenvalue weighted by molar-refractivity contribution is -0.140. The minimum atomic E-state index is -4.19. The molecule has 1 N–H and O–H groups in total. The first-order valence-corrected chi connectivity index (χ1v) is 16.8. The Morgan fingerprint density at radius 1 is 0.800 bits per heavy atom. The summed E-state index contributed by atoms with van der Waals surface area (Å²) in [5.41, 5.74) is 4.01. The zero-order valence-electron chi connectivity index (χ0n) is 26.1. The van der Waals surface area contributed by atoms with Crippen LogP contribution in [0.2, 0.25) is 5.02 Å². The highest BCUT2D eigenvalue weighted by molar-refractivity contribution is 7.92. The summed E-state index contributed by atoms with van der Waals surface area (Å²) in [6.45, 7) is 7.92. The summed E-state index contributed by atoms with van der Waals surface area (Å²) < 4.78 is 29.3. The van der Waals surface area contributed by atoms with Gasteiger partial charge in [-0.1, -0.05) is 103 Å². The van der Waals surface area contributed by atoms with Gasteiger partial charge in [-0.05, 0) is 67.3 Å². The van der Waals surface area contributed by atoms with Crippen LogP contribution in [0.15, 0.2) is 108 Å². The number of carbonyl (C=O) groups excluding carboxylic acids is 2. The van der Waals surface area contributed by atoms with Gasteiger partial charge >= 0.3 is 0 Å². The normalized spacial score (nSPS) is 12.0. The topological polar surface area (TPSA) is 86.8 Å². The van der Waals surface area contributed by atoms with Crippen molar-refractivity contribution < 1.29 is 18.0 Å². The van der Waals surface area contributed by atoms with E-state index in [4.69, 9.17) is 11.6 Å². The maximum atomic E-state index is 14.5. The summed E-state index contributed by atoms with van der Waals surface area (Å²) in [6, 6.07) is 29.2. The molecule has 2 amide bonds. The molecule has 0 aromatic heterocycles. The van der Waals surface area contributed by atoms with Crippen LogP contribution >= 0.6 is 11.6 Å². The van der Waals surface area contributed by atoms with Crippen molar-refractivity contribution >= 4 is 39.1 Å². The molecular weight excluding hydrogens is 606 g/mol. The van der Waals surface area contributed by atoms with E-state index in [0.29, 0.717) is 17.3 Å². The maximum Gasteiger partial charge on any atom is 0.264 e. The van der Waals surface area contributed by atoms with E-state index in [1.807, 2.05) is 82.3 Å². The van der Waals surface area contributed by atoms with E-state index in [1.54, 1.807) is 24.3 Å². The molecule has 1 atom stereocenters. The fourth-order valence-corrected chi connectivity index (χ4v) is 6.50. The SMILES string of the molecule is Cc1ccc(N(CC(=O)N(Cc2cccc(C)c2)C(Cc2ccccc2)C(=O)NCC(C)C)S(=O)(=O)c2ccc(Cl)cc2)cc1. The minimum absolute atomic E-state index is 0.000946. The lowest BCUT2D eigenvalue weighted by atomic mass is 10.0. The smallest absolute Gasteiger partial charge is 0.264 e. The Morgan fingerprint density at radius 2 is 1.44 bits per heavy atom. The summed E-state index contributed by atoms with van der Waals surface area (Å²) in [4.78, 5) is 29.9. The summed E-state index contributed by atoms with van der Waals surface area (Å²) in [6.07, 6.45) is 0.261. The Hall–Kier alpha value is -4.14. The van der Waals surface area contributed by atoms with Gasteiger partial charge in [0.15, 0.2) is 0 Å². The summed E-state index contributed by atoms with van der Waals surface area (Å²) in [7, 11) is -4.19. The number of hydrogen-bond acceptors (Lipinski definition) is 4. The van der Waals surface area contributed by atoms with Crippen molar-refractivity contribution in [3.8, 4) is 0 Å². The van der Waals surface area contributed by atoms with Crippen LogP contribution in [0.4, 0.5) is 5.69 Å². The van der Waals surface area contributed by atoms with E-state index in [9.17, 15) is 18.0 Å². The van der Waals surface area contributed by atoms with Crippen molar-refractivity contribution in [2.24, 2.45) is 5.92 Å². The molecule has 0 aliphatic heterocycles. The zero-order valence-corrected chi connectivity index (χ0v) is 27.7. The molecule has 0 fully saturated rings. The highest BCUT2D eigenvalue weighted by Crippen LogP contribution is 2.26. The van der Waals surface area contributed by atoms with Crippen LogP contribution in [0.3, 0.4) is 0 Å². The monoisotopic (exact) mass is 645 g/mol. The number of amides is 2. The molecule has 4 aromatic carbocycles. The molecule has 0 heterocycles. The minimum Gasteiger partial charge on any atom is -0.354 e. The fraction of sp³-hybridized carbons (Fsp3) is 0.278. The van der Waals surface area contributed by atoms with E-state index in [0.717, 1.165) is 26.6 Å². The predicted octanol–water partition coefficient (Wildman–Crippen LogP) is 6.56. The lowest BCUT2D eigenvalue weighted by Gasteiger charge is -2.34. The highest BCUT2D eigenvalue weighted by atomic mass is 35.5. The van der Waals surface area contributed by atoms with Gasteiger partial charge in [0.1, 0.15) is 12.6 Å². The number of carbonyl (C=O) groups is 2. The summed E-state index contributed by atoms with van der Waals surface area (Å²) >= 11 is 6.06. The molecule has 0 aliphatic carbocycles. The van der Waals surface area contributed by atoms with E-state index >= 15 is 0 Å². The molecule has 1 unspecified atom stereocenters. The van der Waals surface area contributed by atoms with Crippen LogP contribution in [0.1, 0.15) is 36.1 Å². The van der Waals surface area contributed by atoms with Crippen LogP contribution in [0, 0.1) is 19.8 Å². The molecule has 0 radical (unpaired) electrons. The second-order valence-electron chi connectivity index (χ2n) is 11.7. The Kier molecular flexibility index (Phi) is 11.4. The van der Waals surface area contributed by atoms with Crippen molar-refractivity contribution in [1.29, 1.82) is 0 Å². The molecule has 0 bridgehead atoms. The molecule has 236 valence electrons. The molecule has 45 heavy (non-hydrogen) atoms. The van der Waals surface area contributed by atoms with E-state index in [-0.39, 0.29) is 29.7 Å².